The maximum atomic E-state index is 12.4. The fourth-order valence-corrected chi connectivity index (χ4v) is 2.65. The van der Waals surface area contributed by atoms with Crippen molar-refractivity contribution in [3.05, 3.63) is 40.9 Å². The lowest BCUT2D eigenvalue weighted by Gasteiger charge is -2.13. The Kier molecular flexibility index (Phi) is 5.97. The SMILES string of the molecule is CC(=O)Nc1nc(CC(=O)NCc2ccccc2OC(F)(F)F)cs1. The Morgan fingerprint density at radius 2 is 2.00 bits per heavy atom. The molecule has 0 spiro atoms. The van der Waals surface area contributed by atoms with E-state index >= 15 is 0 Å². The summed E-state index contributed by atoms with van der Waals surface area (Å²) in [7, 11) is 0. The number of rotatable bonds is 6. The Labute approximate surface area is 145 Å². The van der Waals surface area contributed by atoms with Crippen LogP contribution in [0.5, 0.6) is 5.75 Å². The summed E-state index contributed by atoms with van der Waals surface area (Å²) in [5.74, 6) is -1.05. The van der Waals surface area contributed by atoms with Gasteiger partial charge in [-0.2, -0.15) is 0 Å². The van der Waals surface area contributed by atoms with Crippen molar-refractivity contribution in [3.8, 4) is 5.75 Å². The van der Waals surface area contributed by atoms with Crippen LogP contribution >= 0.6 is 11.3 Å². The van der Waals surface area contributed by atoms with Crippen LogP contribution in [-0.2, 0) is 22.6 Å². The first-order valence-electron chi connectivity index (χ1n) is 7.05. The predicted molar refractivity (Wildman–Crippen MR) is 85.1 cm³/mol. The zero-order valence-corrected chi connectivity index (χ0v) is 13.8. The van der Waals surface area contributed by atoms with Crippen LogP contribution in [-0.4, -0.2) is 23.2 Å². The summed E-state index contributed by atoms with van der Waals surface area (Å²) in [5, 5.41) is 7.00. The molecule has 1 aromatic carbocycles. The summed E-state index contributed by atoms with van der Waals surface area (Å²) in [5.41, 5.74) is 0.650. The van der Waals surface area contributed by atoms with Gasteiger partial charge in [-0.15, -0.1) is 24.5 Å². The van der Waals surface area contributed by atoms with Crippen molar-refractivity contribution in [2.24, 2.45) is 0 Å². The number of para-hydroxylation sites is 1. The van der Waals surface area contributed by atoms with Crippen molar-refractivity contribution in [2.45, 2.75) is 26.3 Å². The standard InChI is InChI=1S/C15H14F3N3O3S/c1-9(22)20-14-21-11(8-25-14)6-13(23)19-7-10-4-2-3-5-12(10)24-15(16,17)18/h2-5,8H,6-7H2,1H3,(H,19,23)(H,20,21,22). The Morgan fingerprint density at radius 1 is 1.28 bits per heavy atom. The number of alkyl halides is 3. The van der Waals surface area contributed by atoms with Crippen molar-refractivity contribution in [1.29, 1.82) is 0 Å². The number of hydrogen-bond acceptors (Lipinski definition) is 5. The van der Waals surface area contributed by atoms with Crippen molar-refractivity contribution >= 4 is 28.3 Å². The summed E-state index contributed by atoms with van der Waals surface area (Å²) in [4.78, 5) is 26.9. The number of nitrogens with zero attached hydrogens (tertiary/aromatic N) is 1. The lowest BCUT2D eigenvalue weighted by atomic mass is 10.2. The second kappa shape index (κ2) is 7.97. The summed E-state index contributed by atoms with van der Waals surface area (Å²) in [6.07, 6.45) is -4.86. The van der Waals surface area contributed by atoms with Gasteiger partial charge in [0.25, 0.3) is 0 Å². The van der Waals surface area contributed by atoms with Gasteiger partial charge >= 0.3 is 6.36 Å². The molecule has 2 aromatic rings. The highest BCUT2D eigenvalue weighted by atomic mass is 32.1. The van der Waals surface area contributed by atoms with E-state index in [1.807, 2.05) is 0 Å². The Morgan fingerprint density at radius 3 is 2.68 bits per heavy atom. The first-order valence-corrected chi connectivity index (χ1v) is 7.93. The van der Waals surface area contributed by atoms with Crippen LogP contribution in [0, 0.1) is 0 Å². The molecule has 134 valence electrons. The minimum Gasteiger partial charge on any atom is -0.405 e. The normalized spacial score (nSPS) is 11.0. The quantitative estimate of drug-likeness (QED) is 0.816. The first-order chi connectivity index (χ1) is 11.7. The van der Waals surface area contributed by atoms with Gasteiger partial charge in [0, 0.05) is 24.4 Å². The molecule has 0 saturated carbocycles. The molecule has 0 aliphatic heterocycles. The molecular weight excluding hydrogens is 359 g/mol. The van der Waals surface area contributed by atoms with Gasteiger partial charge in [0.15, 0.2) is 5.13 Å². The van der Waals surface area contributed by atoms with Crippen molar-refractivity contribution in [2.75, 3.05) is 5.32 Å². The number of amides is 2. The van der Waals surface area contributed by atoms with E-state index in [9.17, 15) is 22.8 Å². The van der Waals surface area contributed by atoms with Crippen molar-refractivity contribution in [3.63, 3.8) is 0 Å². The third-order valence-corrected chi connectivity index (χ3v) is 3.66. The number of benzene rings is 1. The monoisotopic (exact) mass is 373 g/mol. The molecule has 0 aliphatic rings. The lowest BCUT2D eigenvalue weighted by molar-refractivity contribution is -0.274. The minimum absolute atomic E-state index is 0.0572. The van der Waals surface area contributed by atoms with Crippen molar-refractivity contribution in [1.82, 2.24) is 10.3 Å². The third kappa shape index (κ3) is 6.42. The van der Waals surface area contributed by atoms with E-state index in [0.717, 1.165) is 0 Å². The molecule has 6 nitrogen and oxygen atoms in total. The zero-order valence-electron chi connectivity index (χ0n) is 13.0. The molecular formula is C15H14F3N3O3S. The molecule has 0 unspecified atom stereocenters. The number of carbonyl (C=O) groups is 2. The average Bonchev–Trinajstić information content (AvgIpc) is 2.91. The molecule has 2 amide bonds. The number of carbonyl (C=O) groups excluding carboxylic acids is 2. The van der Waals surface area contributed by atoms with E-state index in [0.29, 0.717) is 10.8 Å². The summed E-state index contributed by atoms with van der Waals surface area (Å²) in [6, 6.07) is 5.56. The Bertz CT molecular complexity index is 762. The van der Waals surface area contributed by atoms with E-state index < -0.39 is 12.3 Å². The molecule has 0 bridgehead atoms. The van der Waals surface area contributed by atoms with Crippen LogP contribution in [0.25, 0.3) is 0 Å². The number of hydrogen-bond donors (Lipinski definition) is 2. The molecule has 10 heteroatoms. The lowest BCUT2D eigenvalue weighted by Crippen LogP contribution is -2.26. The van der Waals surface area contributed by atoms with Crippen LogP contribution in [0.3, 0.4) is 0 Å². The van der Waals surface area contributed by atoms with Crippen LogP contribution in [0.1, 0.15) is 18.2 Å². The molecule has 0 aliphatic carbocycles. The second-order valence-corrected chi connectivity index (χ2v) is 5.79. The third-order valence-electron chi connectivity index (χ3n) is 2.85. The number of nitrogens with one attached hydrogen (secondary N) is 2. The largest absolute Gasteiger partial charge is 0.573 e. The van der Waals surface area contributed by atoms with Gasteiger partial charge in [0.1, 0.15) is 5.75 Å². The number of halogens is 3. The number of anilines is 1. The van der Waals surface area contributed by atoms with Crippen LogP contribution in [0.2, 0.25) is 0 Å². The van der Waals surface area contributed by atoms with E-state index in [-0.39, 0.29) is 30.2 Å². The fraction of sp³-hybridized carbons (Fsp3) is 0.267. The molecule has 2 N–H and O–H groups in total. The fourth-order valence-electron chi connectivity index (χ4n) is 1.89. The van der Waals surface area contributed by atoms with E-state index in [1.165, 1.54) is 36.5 Å². The summed E-state index contributed by atoms with van der Waals surface area (Å²) in [6.45, 7) is 1.22. The maximum Gasteiger partial charge on any atom is 0.573 e. The number of aromatic nitrogens is 1. The number of ether oxygens (including phenoxy) is 1. The molecule has 25 heavy (non-hydrogen) atoms. The molecule has 0 atom stereocenters. The molecule has 1 aromatic heterocycles. The zero-order chi connectivity index (χ0) is 18.4. The van der Waals surface area contributed by atoms with Crippen LogP contribution < -0.4 is 15.4 Å². The first kappa shape index (κ1) is 18.7. The van der Waals surface area contributed by atoms with E-state index in [1.54, 1.807) is 11.4 Å². The van der Waals surface area contributed by atoms with Crippen molar-refractivity contribution < 1.29 is 27.5 Å². The molecule has 0 fully saturated rings. The van der Waals surface area contributed by atoms with Gasteiger partial charge in [0.2, 0.25) is 11.8 Å². The highest BCUT2D eigenvalue weighted by Gasteiger charge is 2.31. The van der Waals surface area contributed by atoms with Gasteiger partial charge in [-0.1, -0.05) is 18.2 Å². The minimum atomic E-state index is -4.80. The molecule has 1 heterocycles. The highest BCUT2D eigenvalue weighted by Crippen LogP contribution is 2.26. The second-order valence-electron chi connectivity index (χ2n) is 4.93. The smallest absolute Gasteiger partial charge is 0.405 e. The van der Waals surface area contributed by atoms with E-state index in [4.69, 9.17) is 0 Å². The predicted octanol–water partition coefficient (Wildman–Crippen LogP) is 2.86. The van der Waals surface area contributed by atoms with Gasteiger partial charge in [0.05, 0.1) is 12.1 Å². The van der Waals surface area contributed by atoms with Crippen LogP contribution in [0.15, 0.2) is 29.6 Å². The maximum absolute atomic E-state index is 12.4. The van der Waals surface area contributed by atoms with Gasteiger partial charge in [-0.05, 0) is 6.07 Å². The highest BCUT2D eigenvalue weighted by molar-refractivity contribution is 7.13. The average molecular weight is 373 g/mol. The topological polar surface area (TPSA) is 80.3 Å². The van der Waals surface area contributed by atoms with Gasteiger partial charge < -0.3 is 15.4 Å². The molecule has 0 radical (unpaired) electrons. The van der Waals surface area contributed by atoms with Crippen LogP contribution in [0.4, 0.5) is 18.3 Å². The van der Waals surface area contributed by atoms with E-state index in [2.05, 4.69) is 20.4 Å². The summed E-state index contributed by atoms with van der Waals surface area (Å²) < 4.78 is 41.0. The number of thiazole rings is 1. The molecule has 0 saturated heterocycles. The Balaban J connectivity index is 1.92. The van der Waals surface area contributed by atoms with Gasteiger partial charge in [-0.3, -0.25) is 9.59 Å². The molecule has 2 rings (SSSR count). The summed E-state index contributed by atoms with van der Waals surface area (Å²) >= 11 is 1.18. The Hall–Kier alpha value is -2.62. The van der Waals surface area contributed by atoms with Gasteiger partial charge in [-0.25, -0.2) is 4.98 Å².